The van der Waals surface area contributed by atoms with Crippen LogP contribution in [0.3, 0.4) is 0 Å². The maximum atomic E-state index is 4.83. The predicted molar refractivity (Wildman–Crippen MR) is 63.1 cm³/mol. The number of imidazole rings is 1. The van der Waals surface area contributed by atoms with Crippen LogP contribution in [0, 0.1) is 0 Å². The molecule has 1 aromatic heterocycles. The van der Waals surface area contributed by atoms with Crippen molar-refractivity contribution >= 4 is 0 Å². The molecule has 1 aliphatic carbocycles. The molecule has 2 nitrogen and oxygen atoms in total. The molecule has 1 aromatic rings. The monoisotopic (exact) mass is 206 g/mol. The van der Waals surface area contributed by atoms with Crippen molar-refractivity contribution in [2.24, 2.45) is 7.05 Å². The van der Waals surface area contributed by atoms with Crippen LogP contribution in [0.4, 0.5) is 0 Å². The molecule has 1 fully saturated rings. The van der Waals surface area contributed by atoms with Gasteiger partial charge in [0.25, 0.3) is 0 Å². The Morgan fingerprint density at radius 2 is 1.87 bits per heavy atom. The maximum absolute atomic E-state index is 4.83. The van der Waals surface area contributed by atoms with Gasteiger partial charge in [-0.05, 0) is 12.8 Å². The van der Waals surface area contributed by atoms with Crippen molar-refractivity contribution in [2.45, 2.75) is 57.8 Å². The van der Waals surface area contributed by atoms with Crippen molar-refractivity contribution in [1.82, 2.24) is 9.55 Å². The lowest BCUT2D eigenvalue weighted by atomic mass is 9.96. The predicted octanol–water partition coefficient (Wildman–Crippen LogP) is 3.38. The molecule has 0 amide bonds. The summed E-state index contributed by atoms with van der Waals surface area (Å²) in [6, 6.07) is 0. The van der Waals surface area contributed by atoms with Crippen LogP contribution in [-0.2, 0) is 12.5 Å². The molecule has 2 heteroatoms. The van der Waals surface area contributed by atoms with Gasteiger partial charge in [-0.1, -0.05) is 33.6 Å². The third kappa shape index (κ3) is 2.09. The summed E-state index contributed by atoms with van der Waals surface area (Å²) in [6.45, 7) is 6.69. The summed E-state index contributed by atoms with van der Waals surface area (Å²) in [7, 11) is 2.12. The first-order chi connectivity index (χ1) is 6.98. The van der Waals surface area contributed by atoms with E-state index in [-0.39, 0.29) is 5.41 Å². The Morgan fingerprint density at radius 1 is 1.27 bits per heavy atom. The first kappa shape index (κ1) is 10.7. The molecule has 0 spiro atoms. The van der Waals surface area contributed by atoms with Crippen LogP contribution in [0.5, 0.6) is 0 Å². The Hall–Kier alpha value is -0.790. The molecule has 0 atom stereocenters. The highest BCUT2D eigenvalue weighted by Gasteiger charge is 2.24. The van der Waals surface area contributed by atoms with E-state index in [1.54, 1.807) is 0 Å². The number of nitrogens with zero attached hydrogens (tertiary/aromatic N) is 2. The van der Waals surface area contributed by atoms with Gasteiger partial charge in [0.2, 0.25) is 0 Å². The average molecular weight is 206 g/mol. The van der Waals surface area contributed by atoms with E-state index in [1.807, 2.05) is 0 Å². The lowest BCUT2D eigenvalue weighted by molar-refractivity contribution is 0.521. The highest BCUT2D eigenvalue weighted by Crippen LogP contribution is 2.34. The fraction of sp³-hybridized carbons (Fsp3) is 0.769. The van der Waals surface area contributed by atoms with Crippen LogP contribution in [-0.4, -0.2) is 9.55 Å². The van der Waals surface area contributed by atoms with Crippen LogP contribution in [0.25, 0.3) is 0 Å². The molecular weight excluding hydrogens is 184 g/mol. The van der Waals surface area contributed by atoms with Crippen LogP contribution in [0.1, 0.15) is 63.9 Å². The molecule has 0 unspecified atom stereocenters. The van der Waals surface area contributed by atoms with Gasteiger partial charge in [-0.25, -0.2) is 4.98 Å². The molecule has 0 aromatic carbocycles. The van der Waals surface area contributed by atoms with Crippen molar-refractivity contribution in [3.05, 3.63) is 17.7 Å². The summed E-state index contributed by atoms with van der Waals surface area (Å²) < 4.78 is 2.20. The van der Waals surface area contributed by atoms with E-state index >= 15 is 0 Å². The molecule has 84 valence electrons. The van der Waals surface area contributed by atoms with Gasteiger partial charge in [0.1, 0.15) is 5.82 Å². The Balaban J connectivity index is 2.28. The Kier molecular flexibility index (Phi) is 2.61. The summed E-state index contributed by atoms with van der Waals surface area (Å²) in [6.07, 6.45) is 7.66. The fourth-order valence-corrected chi connectivity index (χ4v) is 2.60. The van der Waals surface area contributed by atoms with Gasteiger partial charge >= 0.3 is 0 Å². The molecule has 0 N–H and O–H groups in total. The third-order valence-corrected chi connectivity index (χ3v) is 3.34. The lowest BCUT2D eigenvalue weighted by Crippen LogP contribution is -2.17. The summed E-state index contributed by atoms with van der Waals surface area (Å²) in [5, 5.41) is 0. The zero-order valence-corrected chi connectivity index (χ0v) is 10.4. The highest BCUT2D eigenvalue weighted by molar-refractivity contribution is 5.15. The minimum atomic E-state index is 0.158. The van der Waals surface area contributed by atoms with E-state index < -0.39 is 0 Å². The molecule has 0 saturated heterocycles. The van der Waals surface area contributed by atoms with Gasteiger partial charge in [-0.3, -0.25) is 0 Å². The lowest BCUT2D eigenvalue weighted by Gasteiger charge is -2.17. The largest absolute Gasteiger partial charge is 0.337 e. The molecule has 0 radical (unpaired) electrons. The Bertz CT molecular complexity index is 338. The normalized spacial score (nSPS) is 18.7. The summed E-state index contributed by atoms with van der Waals surface area (Å²) >= 11 is 0. The first-order valence-corrected chi connectivity index (χ1v) is 6.02. The number of aromatic nitrogens is 2. The molecule has 1 aliphatic rings. The van der Waals surface area contributed by atoms with Crippen molar-refractivity contribution < 1.29 is 0 Å². The minimum absolute atomic E-state index is 0.158. The zero-order valence-electron chi connectivity index (χ0n) is 10.4. The van der Waals surface area contributed by atoms with Gasteiger partial charge in [0, 0.05) is 24.6 Å². The number of hydrogen-bond donors (Lipinski definition) is 0. The standard InChI is InChI=1S/C13H22N2/c1-13(2,3)12-14-11(9-15(12)4)10-7-5-6-8-10/h9-10H,5-8H2,1-4H3. The van der Waals surface area contributed by atoms with Gasteiger partial charge in [0.15, 0.2) is 0 Å². The SMILES string of the molecule is Cn1cc(C2CCCC2)nc1C(C)(C)C. The van der Waals surface area contributed by atoms with E-state index in [9.17, 15) is 0 Å². The minimum Gasteiger partial charge on any atom is -0.337 e. The van der Waals surface area contributed by atoms with Gasteiger partial charge in [-0.2, -0.15) is 0 Å². The van der Waals surface area contributed by atoms with E-state index in [0.29, 0.717) is 0 Å². The number of rotatable bonds is 1. The second kappa shape index (κ2) is 3.66. The van der Waals surface area contributed by atoms with Crippen molar-refractivity contribution in [1.29, 1.82) is 0 Å². The quantitative estimate of drug-likeness (QED) is 0.689. The topological polar surface area (TPSA) is 17.8 Å². The highest BCUT2D eigenvalue weighted by atomic mass is 15.1. The third-order valence-electron chi connectivity index (χ3n) is 3.34. The van der Waals surface area contributed by atoms with Crippen molar-refractivity contribution in [3.8, 4) is 0 Å². The van der Waals surface area contributed by atoms with E-state index in [1.165, 1.54) is 37.2 Å². The van der Waals surface area contributed by atoms with Crippen LogP contribution in [0.2, 0.25) is 0 Å². The Morgan fingerprint density at radius 3 is 2.33 bits per heavy atom. The second-order valence-electron chi connectivity index (χ2n) is 5.83. The summed E-state index contributed by atoms with van der Waals surface area (Å²) in [5.41, 5.74) is 1.48. The van der Waals surface area contributed by atoms with Gasteiger partial charge in [-0.15, -0.1) is 0 Å². The number of aryl methyl sites for hydroxylation is 1. The average Bonchev–Trinajstić information content (AvgIpc) is 2.68. The maximum Gasteiger partial charge on any atom is 0.114 e. The van der Waals surface area contributed by atoms with E-state index in [4.69, 9.17) is 4.98 Å². The van der Waals surface area contributed by atoms with Crippen LogP contribution < -0.4 is 0 Å². The van der Waals surface area contributed by atoms with E-state index in [2.05, 4.69) is 38.6 Å². The summed E-state index contributed by atoms with van der Waals surface area (Å²) in [4.78, 5) is 4.83. The van der Waals surface area contributed by atoms with Crippen LogP contribution in [0.15, 0.2) is 6.20 Å². The van der Waals surface area contributed by atoms with Gasteiger partial charge in [0.05, 0.1) is 5.69 Å². The second-order valence-corrected chi connectivity index (χ2v) is 5.83. The van der Waals surface area contributed by atoms with Crippen molar-refractivity contribution in [3.63, 3.8) is 0 Å². The van der Waals surface area contributed by atoms with E-state index in [0.717, 1.165) is 5.92 Å². The van der Waals surface area contributed by atoms with Crippen LogP contribution >= 0.6 is 0 Å². The Labute approximate surface area is 92.7 Å². The van der Waals surface area contributed by atoms with Gasteiger partial charge < -0.3 is 4.57 Å². The molecule has 0 aliphatic heterocycles. The zero-order chi connectivity index (χ0) is 11.1. The molecule has 15 heavy (non-hydrogen) atoms. The van der Waals surface area contributed by atoms with Crippen molar-refractivity contribution in [2.75, 3.05) is 0 Å². The molecule has 2 rings (SSSR count). The smallest absolute Gasteiger partial charge is 0.114 e. The number of hydrogen-bond acceptors (Lipinski definition) is 1. The fourth-order valence-electron chi connectivity index (χ4n) is 2.60. The molecule has 0 bridgehead atoms. The first-order valence-electron chi connectivity index (χ1n) is 6.02. The molecular formula is C13H22N2. The molecule has 1 heterocycles. The molecule has 1 saturated carbocycles. The summed E-state index contributed by atoms with van der Waals surface area (Å²) in [5.74, 6) is 1.94.